The number of halogens is 1. The smallest absolute Gasteiger partial charge is 0.322 e. The Labute approximate surface area is 148 Å². The highest BCUT2D eigenvalue weighted by molar-refractivity contribution is 6.31. The van der Waals surface area contributed by atoms with E-state index in [0.29, 0.717) is 24.7 Å². The summed E-state index contributed by atoms with van der Waals surface area (Å²) >= 11 is 6.24. The molecule has 128 valence electrons. The van der Waals surface area contributed by atoms with Crippen LogP contribution in [0, 0.1) is 6.92 Å². The Kier molecular flexibility index (Phi) is 3.89. The summed E-state index contributed by atoms with van der Waals surface area (Å²) in [5.41, 5.74) is 1.73. The number of rotatable bonds is 3. The van der Waals surface area contributed by atoms with Crippen molar-refractivity contribution in [1.29, 1.82) is 0 Å². The van der Waals surface area contributed by atoms with Crippen molar-refractivity contribution in [3.8, 4) is 0 Å². The van der Waals surface area contributed by atoms with Gasteiger partial charge in [0.1, 0.15) is 17.7 Å². The van der Waals surface area contributed by atoms with Crippen LogP contribution in [0.15, 0.2) is 30.5 Å². The SMILES string of the molecule is Cc1nnc2n1CC(C(=O)O)N(Cc1cc(Cl)cc3cccnc13)C2. The van der Waals surface area contributed by atoms with E-state index < -0.39 is 12.0 Å². The molecule has 0 radical (unpaired) electrons. The molecule has 0 bridgehead atoms. The van der Waals surface area contributed by atoms with E-state index in [4.69, 9.17) is 11.6 Å². The van der Waals surface area contributed by atoms with E-state index in [2.05, 4.69) is 15.2 Å². The lowest BCUT2D eigenvalue weighted by atomic mass is 10.1. The number of carboxylic acids is 1. The van der Waals surface area contributed by atoms with Crippen LogP contribution in [0.3, 0.4) is 0 Å². The number of nitrogens with zero attached hydrogens (tertiary/aromatic N) is 5. The predicted molar refractivity (Wildman–Crippen MR) is 92.2 cm³/mol. The van der Waals surface area contributed by atoms with Gasteiger partial charge in [-0.2, -0.15) is 0 Å². The van der Waals surface area contributed by atoms with Crippen molar-refractivity contribution in [1.82, 2.24) is 24.6 Å². The van der Waals surface area contributed by atoms with Gasteiger partial charge in [0.25, 0.3) is 0 Å². The van der Waals surface area contributed by atoms with Gasteiger partial charge in [-0.3, -0.25) is 14.7 Å². The van der Waals surface area contributed by atoms with Crippen molar-refractivity contribution in [3.05, 3.63) is 52.7 Å². The molecule has 1 aromatic carbocycles. The monoisotopic (exact) mass is 357 g/mol. The van der Waals surface area contributed by atoms with Crippen LogP contribution in [-0.4, -0.2) is 41.8 Å². The number of pyridine rings is 1. The van der Waals surface area contributed by atoms with Gasteiger partial charge in [-0.1, -0.05) is 17.7 Å². The third-order valence-electron chi connectivity index (χ3n) is 4.56. The minimum atomic E-state index is -0.863. The van der Waals surface area contributed by atoms with Gasteiger partial charge in [0.15, 0.2) is 0 Å². The summed E-state index contributed by atoms with van der Waals surface area (Å²) in [7, 11) is 0. The van der Waals surface area contributed by atoms with Crippen LogP contribution in [0.1, 0.15) is 17.2 Å². The summed E-state index contributed by atoms with van der Waals surface area (Å²) in [6.45, 7) is 3.00. The Hall–Kier alpha value is -2.51. The first-order chi connectivity index (χ1) is 12.0. The number of hydrogen-bond acceptors (Lipinski definition) is 5. The quantitative estimate of drug-likeness (QED) is 0.774. The number of carboxylic acid groups (broad SMARTS) is 1. The molecule has 8 heteroatoms. The van der Waals surface area contributed by atoms with E-state index in [9.17, 15) is 9.90 Å². The van der Waals surface area contributed by atoms with Crippen LogP contribution in [0.5, 0.6) is 0 Å². The fourth-order valence-electron chi connectivity index (χ4n) is 3.33. The van der Waals surface area contributed by atoms with Gasteiger partial charge in [0.05, 0.1) is 18.6 Å². The number of carbonyl (C=O) groups is 1. The van der Waals surface area contributed by atoms with Gasteiger partial charge >= 0.3 is 5.97 Å². The zero-order chi connectivity index (χ0) is 17.6. The lowest BCUT2D eigenvalue weighted by Crippen LogP contribution is -2.47. The van der Waals surface area contributed by atoms with Gasteiger partial charge in [0.2, 0.25) is 0 Å². The maximum absolute atomic E-state index is 11.8. The molecule has 2 aromatic heterocycles. The number of aromatic nitrogens is 4. The molecule has 0 fully saturated rings. The number of aryl methyl sites for hydroxylation is 1. The lowest BCUT2D eigenvalue weighted by Gasteiger charge is -2.33. The molecule has 0 saturated carbocycles. The molecule has 3 aromatic rings. The molecule has 0 aliphatic carbocycles. The minimum absolute atomic E-state index is 0.329. The van der Waals surface area contributed by atoms with E-state index in [1.165, 1.54) is 0 Å². The molecule has 3 heterocycles. The Balaban J connectivity index is 1.73. The van der Waals surface area contributed by atoms with Crippen molar-refractivity contribution in [2.24, 2.45) is 0 Å². The van der Waals surface area contributed by atoms with E-state index in [1.54, 1.807) is 6.20 Å². The van der Waals surface area contributed by atoms with Gasteiger partial charge in [-0.15, -0.1) is 10.2 Å². The fraction of sp³-hybridized carbons (Fsp3) is 0.294. The first-order valence-electron chi connectivity index (χ1n) is 7.91. The van der Waals surface area contributed by atoms with Crippen molar-refractivity contribution in [2.45, 2.75) is 32.6 Å². The largest absolute Gasteiger partial charge is 0.480 e. The molecule has 1 aliphatic heterocycles. The topological polar surface area (TPSA) is 84.1 Å². The molecule has 0 spiro atoms. The Morgan fingerprint density at radius 2 is 2.24 bits per heavy atom. The lowest BCUT2D eigenvalue weighted by molar-refractivity contribution is -0.145. The van der Waals surface area contributed by atoms with E-state index in [1.807, 2.05) is 40.7 Å². The molecule has 1 N–H and O–H groups in total. The molecule has 1 atom stereocenters. The van der Waals surface area contributed by atoms with Crippen LogP contribution in [0.4, 0.5) is 0 Å². The maximum Gasteiger partial charge on any atom is 0.322 e. The molecule has 1 aliphatic rings. The highest BCUT2D eigenvalue weighted by Gasteiger charge is 2.33. The average molecular weight is 358 g/mol. The summed E-state index contributed by atoms with van der Waals surface area (Å²) < 4.78 is 1.86. The summed E-state index contributed by atoms with van der Waals surface area (Å²) in [5.74, 6) is 0.642. The van der Waals surface area contributed by atoms with Crippen molar-refractivity contribution >= 4 is 28.5 Å². The highest BCUT2D eigenvalue weighted by Crippen LogP contribution is 2.26. The zero-order valence-corrected chi connectivity index (χ0v) is 14.3. The Morgan fingerprint density at radius 1 is 1.40 bits per heavy atom. The average Bonchev–Trinajstić information content (AvgIpc) is 2.94. The predicted octanol–water partition coefficient (Wildman–Crippen LogP) is 2.26. The Morgan fingerprint density at radius 3 is 3.04 bits per heavy atom. The summed E-state index contributed by atoms with van der Waals surface area (Å²) in [5, 5.41) is 19.4. The number of hydrogen-bond donors (Lipinski definition) is 1. The van der Waals surface area contributed by atoms with Gasteiger partial charge in [-0.05, 0) is 30.7 Å². The van der Waals surface area contributed by atoms with Crippen LogP contribution in [-0.2, 0) is 24.4 Å². The molecule has 1 unspecified atom stereocenters. The zero-order valence-electron chi connectivity index (χ0n) is 13.6. The molecule has 4 rings (SSSR count). The Bertz CT molecular complexity index is 971. The normalized spacial score (nSPS) is 17.6. The van der Waals surface area contributed by atoms with Gasteiger partial charge in [-0.25, -0.2) is 0 Å². The number of fused-ring (bicyclic) bond motifs is 2. The second-order valence-corrected chi connectivity index (χ2v) is 6.61. The molecule has 25 heavy (non-hydrogen) atoms. The molecular weight excluding hydrogens is 342 g/mol. The standard InChI is InChI=1S/C17H16ClN5O2/c1-10-20-21-15-9-22(14(17(24)25)8-23(10)15)7-12-6-13(18)5-11-3-2-4-19-16(11)12/h2-6,14H,7-9H2,1H3,(H,24,25). The molecular formula is C17H16ClN5O2. The summed E-state index contributed by atoms with van der Waals surface area (Å²) in [6.07, 6.45) is 1.73. The van der Waals surface area contributed by atoms with Crippen molar-refractivity contribution < 1.29 is 9.90 Å². The van der Waals surface area contributed by atoms with E-state index in [-0.39, 0.29) is 0 Å². The highest BCUT2D eigenvalue weighted by atomic mass is 35.5. The van der Waals surface area contributed by atoms with Gasteiger partial charge in [0, 0.05) is 23.2 Å². The molecule has 7 nitrogen and oxygen atoms in total. The summed E-state index contributed by atoms with van der Waals surface area (Å²) in [4.78, 5) is 18.1. The van der Waals surface area contributed by atoms with Crippen LogP contribution < -0.4 is 0 Å². The van der Waals surface area contributed by atoms with Gasteiger partial charge < -0.3 is 9.67 Å². The van der Waals surface area contributed by atoms with Crippen molar-refractivity contribution in [2.75, 3.05) is 0 Å². The fourth-order valence-corrected chi connectivity index (χ4v) is 3.58. The second-order valence-electron chi connectivity index (χ2n) is 6.17. The first-order valence-corrected chi connectivity index (χ1v) is 8.29. The molecule has 0 amide bonds. The van der Waals surface area contributed by atoms with Crippen LogP contribution in [0.2, 0.25) is 5.02 Å². The van der Waals surface area contributed by atoms with E-state index in [0.717, 1.165) is 28.1 Å². The van der Waals surface area contributed by atoms with Crippen LogP contribution in [0.25, 0.3) is 10.9 Å². The third kappa shape index (κ3) is 2.85. The van der Waals surface area contributed by atoms with E-state index >= 15 is 0 Å². The first kappa shape index (κ1) is 16.0. The van der Waals surface area contributed by atoms with Crippen LogP contribution >= 0.6 is 11.6 Å². The molecule has 0 saturated heterocycles. The number of aliphatic carboxylic acids is 1. The third-order valence-corrected chi connectivity index (χ3v) is 4.78. The van der Waals surface area contributed by atoms with Crippen molar-refractivity contribution in [3.63, 3.8) is 0 Å². The minimum Gasteiger partial charge on any atom is -0.480 e. The maximum atomic E-state index is 11.8. The number of benzene rings is 1. The second kappa shape index (κ2) is 6.09. The summed E-state index contributed by atoms with van der Waals surface area (Å²) in [6, 6.07) is 6.86.